The number of hydrogen-bond donors (Lipinski definition) is 1. The SMILES string of the molecule is Cc1nnc(NC(=O)COc2ccc(C#N)cc2)s1. The first-order valence-corrected chi connectivity index (χ1v) is 6.22. The van der Waals surface area contributed by atoms with E-state index in [4.69, 9.17) is 10.00 Å². The van der Waals surface area contributed by atoms with Gasteiger partial charge in [0, 0.05) is 0 Å². The van der Waals surface area contributed by atoms with Crippen molar-refractivity contribution < 1.29 is 9.53 Å². The third-order valence-corrected chi connectivity index (χ3v) is 2.88. The smallest absolute Gasteiger partial charge is 0.264 e. The second kappa shape index (κ2) is 5.93. The lowest BCUT2D eigenvalue weighted by Crippen LogP contribution is -2.20. The minimum Gasteiger partial charge on any atom is -0.484 e. The number of nitriles is 1. The lowest BCUT2D eigenvalue weighted by Gasteiger charge is -2.05. The van der Waals surface area contributed by atoms with E-state index in [1.54, 1.807) is 31.2 Å². The molecule has 0 spiro atoms. The normalized spacial score (nSPS) is 9.68. The molecule has 0 bridgehead atoms. The van der Waals surface area contributed by atoms with Crippen molar-refractivity contribution in [3.05, 3.63) is 34.8 Å². The van der Waals surface area contributed by atoms with Crippen LogP contribution in [0.1, 0.15) is 10.6 Å². The zero-order chi connectivity index (χ0) is 13.7. The van der Waals surface area contributed by atoms with Crippen molar-refractivity contribution in [2.45, 2.75) is 6.92 Å². The Labute approximate surface area is 113 Å². The highest BCUT2D eigenvalue weighted by atomic mass is 32.1. The van der Waals surface area contributed by atoms with Crippen molar-refractivity contribution >= 4 is 22.4 Å². The number of hydrogen-bond acceptors (Lipinski definition) is 6. The van der Waals surface area contributed by atoms with E-state index in [-0.39, 0.29) is 12.5 Å². The number of ether oxygens (including phenoxy) is 1. The van der Waals surface area contributed by atoms with Crippen molar-refractivity contribution in [3.63, 3.8) is 0 Å². The van der Waals surface area contributed by atoms with Gasteiger partial charge in [-0.15, -0.1) is 10.2 Å². The topological polar surface area (TPSA) is 87.9 Å². The number of benzene rings is 1. The third kappa shape index (κ3) is 3.76. The number of aromatic nitrogens is 2. The van der Waals surface area contributed by atoms with Crippen molar-refractivity contribution in [2.24, 2.45) is 0 Å². The molecule has 2 rings (SSSR count). The van der Waals surface area contributed by atoms with Crippen LogP contribution in [-0.4, -0.2) is 22.7 Å². The van der Waals surface area contributed by atoms with E-state index >= 15 is 0 Å². The summed E-state index contributed by atoms with van der Waals surface area (Å²) in [5.74, 6) is 0.225. The number of anilines is 1. The van der Waals surface area contributed by atoms with E-state index in [2.05, 4.69) is 15.5 Å². The Morgan fingerprint density at radius 3 is 2.74 bits per heavy atom. The minimum atomic E-state index is -0.305. The van der Waals surface area contributed by atoms with E-state index in [1.807, 2.05) is 6.07 Å². The van der Waals surface area contributed by atoms with E-state index in [0.717, 1.165) is 5.01 Å². The summed E-state index contributed by atoms with van der Waals surface area (Å²) in [5, 5.41) is 20.0. The summed E-state index contributed by atoms with van der Waals surface area (Å²) in [4.78, 5) is 11.6. The van der Waals surface area contributed by atoms with Gasteiger partial charge in [-0.2, -0.15) is 5.26 Å². The number of nitrogens with one attached hydrogen (secondary N) is 1. The molecule has 96 valence electrons. The summed E-state index contributed by atoms with van der Waals surface area (Å²) < 4.78 is 5.28. The van der Waals surface area contributed by atoms with Gasteiger partial charge in [0.1, 0.15) is 10.8 Å². The van der Waals surface area contributed by atoms with Gasteiger partial charge in [0.05, 0.1) is 11.6 Å². The van der Waals surface area contributed by atoms with Gasteiger partial charge < -0.3 is 4.74 Å². The van der Waals surface area contributed by atoms with Crippen molar-refractivity contribution in [3.8, 4) is 11.8 Å². The molecule has 0 aliphatic rings. The van der Waals surface area contributed by atoms with Crippen LogP contribution in [0.2, 0.25) is 0 Å². The van der Waals surface area contributed by atoms with Crippen LogP contribution < -0.4 is 10.1 Å². The fourth-order valence-corrected chi connectivity index (χ4v) is 1.88. The number of carbonyl (C=O) groups excluding carboxylic acids is 1. The Hall–Kier alpha value is -2.46. The largest absolute Gasteiger partial charge is 0.484 e. The molecular weight excluding hydrogens is 264 g/mol. The summed E-state index contributed by atoms with van der Waals surface area (Å²) in [7, 11) is 0. The molecule has 0 atom stereocenters. The molecule has 6 nitrogen and oxygen atoms in total. The molecule has 1 aromatic heterocycles. The second-order valence-electron chi connectivity index (χ2n) is 3.60. The van der Waals surface area contributed by atoms with Gasteiger partial charge in [-0.1, -0.05) is 11.3 Å². The Morgan fingerprint density at radius 1 is 1.42 bits per heavy atom. The molecule has 1 heterocycles. The highest BCUT2D eigenvalue weighted by molar-refractivity contribution is 7.15. The molecule has 0 radical (unpaired) electrons. The summed E-state index contributed by atoms with van der Waals surface area (Å²) >= 11 is 1.30. The Balaban J connectivity index is 1.84. The van der Waals surface area contributed by atoms with Crippen LogP contribution in [0, 0.1) is 18.3 Å². The fraction of sp³-hybridized carbons (Fsp3) is 0.167. The van der Waals surface area contributed by atoms with Crippen molar-refractivity contribution in [2.75, 3.05) is 11.9 Å². The molecule has 1 amide bonds. The second-order valence-corrected chi connectivity index (χ2v) is 4.78. The van der Waals surface area contributed by atoms with Gasteiger partial charge in [-0.3, -0.25) is 10.1 Å². The summed E-state index contributed by atoms with van der Waals surface area (Å²) in [6.45, 7) is 1.69. The molecule has 2 aromatic rings. The summed E-state index contributed by atoms with van der Waals surface area (Å²) in [6.07, 6.45) is 0. The first kappa shape index (κ1) is 13.0. The van der Waals surface area contributed by atoms with Gasteiger partial charge in [0.25, 0.3) is 5.91 Å². The maximum absolute atomic E-state index is 11.6. The molecule has 1 aromatic carbocycles. The zero-order valence-electron chi connectivity index (χ0n) is 10.1. The van der Waals surface area contributed by atoms with Gasteiger partial charge in [-0.25, -0.2) is 0 Å². The zero-order valence-corrected chi connectivity index (χ0v) is 10.9. The highest BCUT2D eigenvalue weighted by Crippen LogP contribution is 2.14. The Bertz CT molecular complexity index is 615. The van der Waals surface area contributed by atoms with Gasteiger partial charge in [-0.05, 0) is 31.2 Å². The van der Waals surface area contributed by atoms with Crippen LogP contribution in [0.4, 0.5) is 5.13 Å². The van der Waals surface area contributed by atoms with E-state index in [9.17, 15) is 4.79 Å². The van der Waals surface area contributed by atoms with Crippen LogP contribution in [0.5, 0.6) is 5.75 Å². The molecule has 0 aliphatic carbocycles. The van der Waals surface area contributed by atoms with Gasteiger partial charge in [0.15, 0.2) is 6.61 Å². The average Bonchev–Trinajstić information content (AvgIpc) is 2.82. The molecule has 0 unspecified atom stereocenters. The van der Waals surface area contributed by atoms with Crippen LogP contribution >= 0.6 is 11.3 Å². The number of nitrogens with zero attached hydrogens (tertiary/aromatic N) is 3. The van der Waals surface area contributed by atoms with Crippen molar-refractivity contribution in [1.82, 2.24) is 10.2 Å². The molecule has 7 heteroatoms. The van der Waals surface area contributed by atoms with Crippen LogP contribution in [0.3, 0.4) is 0 Å². The van der Waals surface area contributed by atoms with E-state index in [1.165, 1.54) is 11.3 Å². The first-order chi connectivity index (χ1) is 9.17. The first-order valence-electron chi connectivity index (χ1n) is 5.40. The number of amides is 1. The molecule has 0 saturated carbocycles. The van der Waals surface area contributed by atoms with E-state index in [0.29, 0.717) is 16.4 Å². The summed E-state index contributed by atoms with van der Waals surface area (Å²) in [5.41, 5.74) is 0.543. The van der Waals surface area contributed by atoms with Gasteiger partial charge in [0.2, 0.25) is 5.13 Å². The standard InChI is InChI=1S/C12H10N4O2S/c1-8-15-16-12(19-8)14-11(17)7-18-10-4-2-9(6-13)3-5-10/h2-5H,7H2,1H3,(H,14,16,17). The molecule has 0 saturated heterocycles. The number of aryl methyl sites for hydroxylation is 1. The monoisotopic (exact) mass is 274 g/mol. The maximum atomic E-state index is 11.6. The van der Waals surface area contributed by atoms with Crippen LogP contribution in [-0.2, 0) is 4.79 Å². The Morgan fingerprint density at radius 2 is 2.16 bits per heavy atom. The average molecular weight is 274 g/mol. The lowest BCUT2D eigenvalue weighted by atomic mass is 10.2. The van der Waals surface area contributed by atoms with Crippen LogP contribution in [0.15, 0.2) is 24.3 Å². The predicted molar refractivity (Wildman–Crippen MR) is 69.9 cm³/mol. The van der Waals surface area contributed by atoms with E-state index < -0.39 is 0 Å². The predicted octanol–water partition coefficient (Wildman–Crippen LogP) is 1.74. The molecule has 19 heavy (non-hydrogen) atoms. The molecule has 1 N–H and O–H groups in total. The van der Waals surface area contributed by atoms with Crippen molar-refractivity contribution in [1.29, 1.82) is 5.26 Å². The Kier molecular flexibility index (Phi) is 4.05. The maximum Gasteiger partial charge on any atom is 0.264 e. The van der Waals surface area contributed by atoms with Crippen LogP contribution in [0.25, 0.3) is 0 Å². The number of carbonyl (C=O) groups is 1. The molecule has 0 aliphatic heterocycles. The highest BCUT2D eigenvalue weighted by Gasteiger charge is 2.07. The minimum absolute atomic E-state index is 0.121. The molecule has 0 fully saturated rings. The number of rotatable bonds is 4. The molecular formula is C12H10N4O2S. The quantitative estimate of drug-likeness (QED) is 0.917. The lowest BCUT2D eigenvalue weighted by molar-refractivity contribution is -0.118. The summed E-state index contributed by atoms with van der Waals surface area (Å²) in [6, 6.07) is 8.54. The third-order valence-electron chi connectivity index (χ3n) is 2.13. The van der Waals surface area contributed by atoms with Gasteiger partial charge >= 0.3 is 0 Å². The fourth-order valence-electron chi connectivity index (χ4n) is 1.28.